The first-order valence-electron chi connectivity index (χ1n) is 6.43. The van der Waals surface area contributed by atoms with E-state index < -0.39 is 12.0 Å². The van der Waals surface area contributed by atoms with E-state index >= 15 is 0 Å². The smallest absolute Gasteiger partial charge is 0.330 e. The van der Waals surface area contributed by atoms with Crippen LogP contribution in [0.4, 0.5) is 0 Å². The molecule has 1 aromatic rings. The van der Waals surface area contributed by atoms with E-state index in [1.54, 1.807) is 24.3 Å². The van der Waals surface area contributed by atoms with Gasteiger partial charge >= 0.3 is 5.97 Å². The molecule has 1 aliphatic carbocycles. The van der Waals surface area contributed by atoms with E-state index in [0.717, 1.165) is 4.47 Å². The number of benzene rings is 1. The molecule has 0 spiro atoms. The van der Waals surface area contributed by atoms with Gasteiger partial charge in [0.15, 0.2) is 6.04 Å². The largest absolute Gasteiger partial charge is 0.479 e. The van der Waals surface area contributed by atoms with E-state index in [4.69, 9.17) is 4.74 Å². The second kappa shape index (κ2) is 6.37. The Labute approximate surface area is 125 Å². The number of hydrogen-bond acceptors (Lipinski definition) is 3. The molecule has 0 radical (unpaired) electrons. The van der Waals surface area contributed by atoms with Gasteiger partial charge in [-0.1, -0.05) is 28.1 Å². The maximum atomic E-state index is 12.0. The third kappa shape index (κ3) is 3.58. The summed E-state index contributed by atoms with van der Waals surface area (Å²) in [5.41, 5.74) is 0.544. The molecule has 2 N–H and O–H groups in total. The van der Waals surface area contributed by atoms with E-state index in [2.05, 4.69) is 21.2 Å². The number of nitrogens with one attached hydrogen (secondary N) is 1. The summed E-state index contributed by atoms with van der Waals surface area (Å²) in [6.07, 6.45) is 0.589. The molecule has 1 fully saturated rings. The lowest BCUT2D eigenvalue weighted by Crippen LogP contribution is -2.35. The predicted octanol–water partition coefficient (Wildman–Crippen LogP) is 2.12. The van der Waals surface area contributed by atoms with Crippen LogP contribution in [0.1, 0.15) is 24.9 Å². The first-order chi connectivity index (χ1) is 9.52. The molecule has 0 aliphatic heterocycles. The number of carbonyl (C=O) groups is 2. The highest BCUT2D eigenvalue weighted by molar-refractivity contribution is 9.10. The van der Waals surface area contributed by atoms with Crippen LogP contribution in [0.3, 0.4) is 0 Å². The number of carboxylic acids is 1. The van der Waals surface area contributed by atoms with Crippen LogP contribution in [0.2, 0.25) is 0 Å². The Morgan fingerprint density at radius 2 is 2.10 bits per heavy atom. The monoisotopic (exact) mass is 341 g/mol. The lowest BCUT2D eigenvalue weighted by molar-refractivity contribution is -0.142. The third-order valence-electron chi connectivity index (χ3n) is 3.19. The molecule has 0 heterocycles. The van der Waals surface area contributed by atoms with Gasteiger partial charge in [-0.25, -0.2) is 4.79 Å². The number of rotatable bonds is 6. The van der Waals surface area contributed by atoms with Crippen LogP contribution < -0.4 is 5.32 Å². The van der Waals surface area contributed by atoms with Gasteiger partial charge in [0.25, 0.3) is 0 Å². The summed E-state index contributed by atoms with van der Waals surface area (Å²) in [6, 6.07) is 5.82. The van der Waals surface area contributed by atoms with Gasteiger partial charge in [-0.05, 0) is 31.0 Å². The van der Waals surface area contributed by atoms with E-state index in [1.165, 1.54) is 0 Å². The zero-order chi connectivity index (χ0) is 14.7. The Morgan fingerprint density at radius 1 is 1.45 bits per heavy atom. The Kier molecular flexibility index (Phi) is 4.77. The number of ether oxygens (including phenoxy) is 1. The Balaban J connectivity index is 2.02. The van der Waals surface area contributed by atoms with Crippen molar-refractivity contribution in [3.63, 3.8) is 0 Å². The zero-order valence-electron chi connectivity index (χ0n) is 11.0. The molecule has 3 atom stereocenters. The molecule has 3 unspecified atom stereocenters. The normalized spacial score (nSPS) is 22.1. The van der Waals surface area contributed by atoms with Crippen molar-refractivity contribution in [1.29, 1.82) is 0 Å². The SMILES string of the molecule is CCOC1CC1C(=O)NC(C(=O)O)c1ccc(Br)cc1. The molecule has 1 aromatic carbocycles. The lowest BCUT2D eigenvalue weighted by Gasteiger charge is -2.15. The molecule has 1 aliphatic rings. The van der Waals surface area contributed by atoms with Crippen molar-refractivity contribution in [2.24, 2.45) is 5.92 Å². The molecule has 1 amide bonds. The van der Waals surface area contributed by atoms with Crippen molar-refractivity contribution < 1.29 is 19.4 Å². The van der Waals surface area contributed by atoms with Gasteiger partial charge in [0.2, 0.25) is 5.91 Å². The number of halogens is 1. The minimum atomic E-state index is -1.07. The summed E-state index contributed by atoms with van der Waals surface area (Å²) in [7, 11) is 0. The van der Waals surface area contributed by atoms with Crippen LogP contribution in [-0.4, -0.2) is 29.7 Å². The van der Waals surface area contributed by atoms with Crippen molar-refractivity contribution in [2.75, 3.05) is 6.61 Å². The van der Waals surface area contributed by atoms with E-state index in [-0.39, 0.29) is 17.9 Å². The van der Waals surface area contributed by atoms with E-state index in [9.17, 15) is 14.7 Å². The average molecular weight is 342 g/mol. The second-order valence-electron chi connectivity index (χ2n) is 4.67. The standard InChI is InChI=1S/C14H16BrNO4/c1-2-20-11-7-10(11)13(17)16-12(14(18)19)8-3-5-9(15)6-4-8/h3-6,10-12H,2,7H2,1H3,(H,16,17)(H,18,19). The fraction of sp³-hybridized carbons (Fsp3) is 0.429. The van der Waals surface area contributed by atoms with Crippen molar-refractivity contribution in [3.8, 4) is 0 Å². The molecular formula is C14H16BrNO4. The lowest BCUT2D eigenvalue weighted by atomic mass is 10.1. The molecule has 2 rings (SSSR count). The minimum absolute atomic E-state index is 0.0700. The van der Waals surface area contributed by atoms with Crippen LogP contribution in [0.5, 0.6) is 0 Å². The van der Waals surface area contributed by atoms with Gasteiger partial charge in [0, 0.05) is 11.1 Å². The number of amides is 1. The van der Waals surface area contributed by atoms with Crippen LogP contribution >= 0.6 is 15.9 Å². The van der Waals surface area contributed by atoms with Crippen molar-refractivity contribution in [3.05, 3.63) is 34.3 Å². The molecule has 0 bridgehead atoms. The quantitative estimate of drug-likeness (QED) is 0.830. The van der Waals surface area contributed by atoms with Crippen LogP contribution in [0, 0.1) is 5.92 Å². The maximum Gasteiger partial charge on any atom is 0.330 e. The highest BCUT2D eigenvalue weighted by Crippen LogP contribution is 2.34. The summed E-state index contributed by atoms with van der Waals surface area (Å²) in [5, 5.41) is 11.8. The van der Waals surface area contributed by atoms with Crippen molar-refractivity contribution in [1.82, 2.24) is 5.32 Å². The second-order valence-corrected chi connectivity index (χ2v) is 5.58. The third-order valence-corrected chi connectivity index (χ3v) is 3.71. The minimum Gasteiger partial charge on any atom is -0.479 e. The van der Waals surface area contributed by atoms with Gasteiger partial charge in [-0.3, -0.25) is 4.79 Å². The molecule has 6 heteroatoms. The number of aliphatic carboxylic acids is 1. The molecule has 20 heavy (non-hydrogen) atoms. The van der Waals surface area contributed by atoms with Gasteiger partial charge in [0.1, 0.15) is 0 Å². The Morgan fingerprint density at radius 3 is 2.65 bits per heavy atom. The van der Waals surface area contributed by atoms with Crippen LogP contribution in [0.15, 0.2) is 28.7 Å². The topological polar surface area (TPSA) is 75.6 Å². The first kappa shape index (κ1) is 15.0. The zero-order valence-corrected chi connectivity index (χ0v) is 12.6. The van der Waals surface area contributed by atoms with Crippen molar-refractivity contribution >= 4 is 27.8 Å². The number of carboxylic acid groups (broad SMARTS) is 1. The average Bonchev–Trinajstić information content (AvgIpc) is 3.16. The van der Waals surface area contributed by atoms with Crippen LogP contribution in [-0.2, 0) is 14.3 Å². The van der Waals surface area contributed by atoms with Gasteiger partial charge in [0.05, 0.1) is 12.0 Å². The first-order valence-corrected chi connectivity index (χ1v) is 7.22. The van der Waals surface area contributed by atoms with Crippen LogP contribution in [0.25, 0.3) is 0 Å². The fourth-order valence-corrected chi connectivity index (χ4v) is 2.30. The van der Waals surface area contributed by atoms with Crippen molar-refractivity contribution in [2.45, 2.75) is 25.5 Å². The summed E-state index contributed by atoms with van der Waals surface area (Å²) >= 11 is 3.29. The maximum absolute atomic E-state index is 12.0. The Hall–Kier alpha value is -1.40. The summed E-state index contributed by atoms with van der Waals surface area (Å²) in [5.74, 6) is -1.57. The Bertz CT molecular complexity index is 502. The van der Waals surface area contributed by atoms with E-state index in [1.807, 2.05) is 6.92 Å². The molecule has 5 nitrogen and oxygen atoms in total. The highest BCUT2D eigenvalue weighted by atomic mass is 79.9. The summed E-state index contributed by atoms with van der Waals surface area (Å²) in [4.78, 5) is 23.3. The molecule has 0 aromatic heterocycles. The fourth-order valence-electron chi connectivity index (χ4n) is 2.04. The highest BCUT2D eigenvalue weighted by Gasteiger charge is 2.45. The summed E-state index contributed by atoms with van der Waals surface area (Å²) < 4.78 is 6.19. The van der Waals surface area contributed by atoms with Gasteiger partial charge in [-0.2, -0.15) is 0 Å². The van der Waals surface area contributed by atoms with Gasteiger partial charge in [-0.15, -0.1) is 0 Å². The molecule has 108 valence electrons. The predicted molar refractivity (Wildman–Crippen MR) is 76.2 cm³/mol. The summed E-state index contributed by atoms with van der Waals surface area (Å²) in [6.45, 7) is 2.43. The molecule has 1 saturated carbocycles. The van der Waals surface area contributed by atoms with Gasteiger partial charge < -0.3 is 15.2 Å². The molecular weight excluding hydrogens is 326 g/mol. The number of carbonyl (C=O) groups excluding carboxylic acids is 1. The number of hydrogen-bond donors (Lipinski definition) is 2. The molecule has 0 saturated heterocycles. The van der Waals surface area contributed by atoms with E-state index in [0.29, 0.717) is 18.6 Å².